The molecule has 5 heteroatoms. The third-order valence-corrected chi connectivity index (χ3v) is 5.97. The fraction of sp³-hybridized carbons (Fsp3) is 0.682. The number of benzene rings is 1. The van der Waals surface area contributed by atoms with E-state index in [4.69, 9.17) is 0 Å². The molecule has 3 rings (SSSR count). The van der Waals surface area contributed by atoms with Crippen molar-refractivity contribution in [1.29, 1.82) is 0 Å². The summed E-state index contributed by atoms with van der Waals surface area (Å²) in [4.78, 5) is 9.51. The van der Waals surface area contributed by atoms with Gasteiger partial charge in [-0.15, -0.1) is 0 Å². The van der Waals surface area contributed by atoms with Crippen LogP contribution in [0, 0.1) is 0 Å². The van der Waals surface area contributed by atoms with Crippen molar-refractivity contribution in [2.75, 3.05) is 39.8 Å². The molecule has 1 atom stereocenters. The molecular weight excluding hydrogens is 334 g/mol. The molecule has 0 spiro atoms. The lowest BCUT2D eigenvalue weighted by Crippen LogP contribution is -2.44. The van der Waals surface area contributed by atoms with Gasteiger partial charge in [-0.25, -0.2) is 0 Å². The van der Waals surface area contributed by atoms with E-state index >= 15 is 0 Å². The molecule has 1 aromatic rings. The van der Waals surface area contributed by atoms with E-state index in [1.165, 1.54) is 62.9 Å². The maximum atomic E-state index is 4.38. The molecule has 0 amide bonds. The number of piperidine rings is 1. The molecule has 0 radical (unpaired) electrons. The van der Waals surface area contributed by atoms with Crippen LogP contribution in [0.5, 0.6) is 0 Å². The number of rotatable bonds is 7. The largest absolute Gasteiger partial charge is 0.355 e. The fourth-order valence-electron chi connectivity index (χ4n) is 4.30. The molecule has 0 aromatic heterocycles. The summed E-state index contributed by atoms with van der Waals surface area (Å²) in [7, 11) is 1.85. The van der Waals surface area contributed by atoms with Crippen LogP contribution in [-0.4, -0.2) is 61.6 Å². The van der Waals surface area contributed by atoms with Crippen LogP contribution < -0.4 is 10.6 Å². The predicted molar refractivity (Wildman–Crippen MR) is 114 cm³/mol. The van der Waals surface area contributed by atoms with Gasteiger partial charge in [0.05, 0.1) is 0 Å². The maximum absolute atomic E-state index is 4.38. The topological polar surface area (TPSA) is 42.9 Å². The highest BCUT2D eigenvalue weighted by atomic mass is 15.2. The Morgan fingerprint density at radius 3 is 2.44 bits per heavy atom. The zero-order valence-electron chi connectivity index (χ0n) is 17.2. The van der Waals surface area contributed by atoms with Crippen LogP contribution in [-0.2, 0) is 13.1 Å². The normalized spacial score (nSPS) is 22.1. The van der Waals surface area contributed by atoms with Crippen LogP contribution in [0.3, 0.4) is 0 Å². The Balaban J connectivity index is 1.41. The summed E-state index contributed by atoms with van der Waals surface area (Å²) in [5.41, 5.74) is 2.72. The Morgan fingerprint density at radius 2 is 1.74 bits per heavy atom. The summed E-state index contributed by atoms with van der Waals surface area (Å²) >= 11 is 0. The summed E-state index contributed by atoms with van der Waals surface area (Å²) in [6, 6.07) is 9.69. The van der Waals surface area contributed by atoms with Crippen molar-refractivity contribution in [3.05, 3.63) is 35.4 Å². The molecule has 1 aromatic carbocycles. The predicted octanol–water partition coefficient (Wildman–Crippen LogP) is 2.82. The molecule has 2 fully saturated rings. The zero-order valence-corrected chi connectivity index (χ0v) is 17.2. The van der Waals surface area contributed by atoms with Crippen molar-refractivity contribution in [3.63, 3.8) is 0 Å². The highest BCUT2D eigenvalue weighted by molar-refractivity contribution is 5.79. The van der Waals surface area contributed by atoms with E-state index in [9.17, 15) is 0 Å². The van der Waals surface area contributed by atoms with Crippen molar-refractivity contribution in [2.24, 2.45) is 4.99 Å². The van der Waals surface area contributed by atoms with Gasteiger partial charge in [0.2, 0.25) is 0 Å². The van der Waals surface area contributed by atoms with Crippen LogP contribution in [0.1, 0.15) is 50.2 Å². The van der Waals surface area contributed by atoms with Gasteiger partial charge in [0.1, 0.15) is 0 Å². The van der Waals surface area contributed by atoms with Gasteiger partial charge in [0.15, 0.2) is 5.96 Å². The summed E-state index contributed by atoms with van der Waals surface area (Å²) in [6.07, 6.45) is 6.70. The first-order valence-corrected chi connectivity index (χ1v) is 10.8. The van der Waals surface area contributed by atoms with Crippen molar-refractivity contribution in [1.82, 2.24) is 20.4 Å². The first-order chi connectivity index (χ1) is 13.3. The Bertz CT molecular complexity index is 577. The molecule has 0 saturated carbocycles. The highest BCUT2D eigenvalue weighted by Gasteiger charge is 2.22. The van der Waals surface area contributed by atoms with Crippen molar-refractivity contribution in [2.45, 2.75) is 58.2 Å². The third kappa shape index (κ3) is 6.22. The Morgan fingerprint density at radius 1 is 1.00 bits per heavy atom. The van der Waals surface area contributed by atoms with E-state index in [-0.39, 0.29) is 0 Å². The Kier molecular flexibility index (Phi) is 7.96. The van der Waals surface area contributed by atoms with Crippen molar-refractivity contribution >= 4 is 5.96 Å². The number of likely N-dealkylation sites (N-methyl/N-ethyl adjacent to an activating group) is 1. The highest BCUT2D eigenvalue weighted by Crippen LogP contribution is 2.16. The minimum Gasteiger partial charge on any atom is -0.355 e. The average Bonchev–Trinajstić information content (AvgIpc) is 3.18. The second-order valence-corrected chi connectivity index (χ2v) is 7.88. The number of likely N-dealkylation sites (tertiary alicyclic amines) is 2. The number of nitrogens with one attached hydrogen (secondary N) is 2. The molecule has 2 aliphatic heterocycles. The lowest BCUT2D eigenvalue weighted by molar-refractivity contribution is 0.221. The minimum absolute atomic E-state index is 0.641. The first-order valence-electron chi connectivity index (χ1n) is 10.8. The number of hydrogen-bond donors (Lipinski definition) is 2. The van der Waals surface area contributed by atoms with Crippen molar-refractivity contribution < 1.29 is 0 Å². The molecule has 2 aliphatic rings. The van der Waals surface area contributed by atoms with Crippen LogP contribution in [0.4, 0.5) is 0 Å². The maximum Gasteiger partial charge on any atom is 0.191 e. The lowest BCUT2D eigenvalue weighted by Gasteiger charge is -2.26. The first kappa shape index (κ1) is 20.2. The second-order valence-electron chi connectivity index (χ2n) is 7.88. The minimum atomic E-state index is 0.641. The number of nitrogens with zero attached hydrogens (tertiary/aromatic N) is 3. The van der Waals surface area contributed by atoms with Gasteiger partial charge in [-0.1, -0.05) is 37.6 Å². The number of guanidine groups is 1. The molecule has 0 aliphatic carbocycles. The Labute approximate surface area is 165 Å². The van der Waals surface area contributed by atoms with E-state index in [1.807, 2.05) is 7.05 Å². The monoisotopic (exact) mass is 371 g/mol. The molecule has 2 saturated heterocycles. The molecule has 2 heterocycles. The summed E-state index contributed by atoms with van der Waals surface area (Å²) in [6.45, 7) is 10.0. The van der Waals surface area contributed by atoms with E-state index in [2.05, 4.69) is 56.6 Å². The van der Waals surface area contributed by atoms with Crippen LogP contribution >= 0.6 is 0 Å². The molecule has 1 unspecified atom stereocenters. The van der Waals surface area contributed by atoms with E-state index in [0.717, 1.165) is 32.1 Å². The van der Waals surface area contributed by atoms with Gasteiger partial charge >= 0.3 is 0 Å². The van der Waals surface area contributed by atoms with Gasteiger partial charge in [-0.3, -0.25) is 14.8 Å². The molecule has 0 bridgehead atoms. The molecule has 27 heavy (non-hydrogen) atoms. The molecular formula is C22H37N5. The smallest absolute Gasteiger partial charge is 0.191 e. The summed E-state index contributed by atoms with van der Waals surface area (Å²) in [5.74, 6) is 0.898. The van der Waals surface area contributed by atoms with Gasteiger partial charge < -0.3 is 10.6 Å². The number of hydrogen-bond acceptors (Lipinski definition) is 3. The van der Waals surface area contributed by atoms with E-state index in [1.54, 1.807) is 0 Å². The lowest BCUT2D eigenvalue weighted by atomic mass is 10.1. The number of aliphatic imine (C=N–C) groups is 1. The molecule has 5 nitrogen and oxygen atoms in total. The van der Waals surface area contributed by atoms with E-state index in [0.29, 0.717) is 6.04 Å². The molecule has 2 N–H and O–H groups in total. The second kappa shape index (κ2) is 10.7. The van der Waals surface area contributed by atoms with Crippen LogP contribution in [0.15, 0.2) is 29.3 Å². The fourth-order valence-corrected chi connectivity index (χ4v) is 4.30. The van der Waals surface area contributed by atoms with Gasteiger partial charge in [0.25, 0.3) is 0 Å². The zero-order chi connectivity index (χ0) is 18.9. The Hall–Kier alpha value is -1.59. The quantitative estimate of drug-likeness (QED) is 0.571. The SMILES string of the molecule is CCN1CCCC1CNC(=NC)NCc1ccc(CN2CCCCC2)cc1. The van der Waals surface area contributed by atoms with Gasteiger partial charge in [0, 0.05) is 32.7 Å². The standard InChI is InChI=1S/C22H37N5/c1-3-27-15-7-8-21(27)17-25-22(23-2)24-16-19-9-11-20(12-10-19)18-26-13-5-4-6-14-26/h9-12,21H,3-8,13-18H2,1-2H3,(H2,23,24,25). The summed E-state index contributed by atoms with van der Waals surface area (Å²) in [5, 5.41) is 6.96. The van der Waals surface area contributed by atoms with Crippen molar-refractivity contribution in [3.8, 4) is 0 Å². The molecule has 150 valence electrons. The average molecular weight is 372 g/mol. The van der Waals surface area contributed by atoms with Gasteiger partial charge in [-0.2, -0.15) is 0 Å². The van der Waals surface area contributed by atoms with E-state index < -0.39 is 0 Å². The van der Waals surface area contributed by atoms with Crippen LogP contribution in [0.2, 0.25) is 0 Å². The van der Waals surface area contributed by atoms with Gasteiger partial charge in [-0.05, 0) is 63.0 Å². The summed E-state index contributed by atoms with van der Waals surface area (Å²) < 4.78 is 0. The third-order valence-electron chi connectivity index (χ3n) is 5.97. The van der Waals surface area contributed by atoms with Crippen LogP contribution in [0.25, 0.3) is 0 Å².